The Kier molecular flexibility index (Phi) is 2.89. The first-order valence-electron chi connectivity index (χ1n) is 5.60. The molecule has 0 saturated carbocycles. The van der Waals surface area contributed by atoms with Crippen LogP contribution < -0.4 is 5.73 Å². The first kappa shape index (κ1) is 12.3. The summed E-state index contributed by atoms with van der Waals surface area (Å²) in [4.78, 5) is 8.30. The molecule has 1 aromatic carbocycles. The van der Waals surface area contributed by atoms with Gasteiger partial charge in [0.1, 0.15) is 23.6 Å². The van der Waals surface area contributed by atoms with E-state index in [1.165, 1.54) is 18.5 Å². The number of aryl methyl sites for hydroxylation is 1. The summed E-state index contributed by atoms with van der Waals surface area (Å²) in [5.41, 5.74) is 8.58. The van der Waals surface area contributed by atoms with Gasteiger partial charge in [-0.05, 0) is 40.3 Å². The van der Waals surface area contributed by atoms with Crippen molar-refractivity contribution in [1.29, 1.82) is 0 Å². The number of halogens is 2. The molecule has 0 amide bonds. The van der Waals surface area contributed by atoms with Crippen LogP contribution in [0, 0.1) is 9.52 Å². The second-order valence-corrected chi connectivity index (χ2v) is 5.21. The van der Waals surface area contributed by atoms with Crippen LogP contribution in [0.3, 0.4) is 0 Å². The minimum absolute atomic E-state index is 0.261. The molecule has 0 aliphatic heterocycles. The standard InChI is InChI=1S/C13H10FIN4/c1-19-11(15)9(7-2-4-8(14)5-3-7)10-12(16)17-6-18-13(10)19/h2-6H,1H3,(H2,16,17,18). The predicted octanol–water partition coefficient (Wildman–Crippen LogP) is 2.96. The SMILES string of the molecule is Cn1c(I)c(-c2ccc(F)cc2)c2c(N)ncnc21. The van der Waals surface area contributed by atoms with E-state index in [1.54, 1.807) is 12.1 Å². The number of nitrogen functional groups attached to an aromatic ring is 1. The van der Waals surface area contributed by atoms with Gasteiger partial charge in [-0.2, -0.15) is 0 Å². The molecule has 0 fully saturated rings. The number of hydrogen-bond donors (Lipinski definition) is 1. The summed E-state index contributed by atoms with van der Waals surface area (Å²) in [7, 11) is 1.92. The van der Waals surface area contributed by atoms with Crippen molar-refractivity contribution in [3.8, 4) is 11.1 Å². The monoisotopic (exact) mass is 368 g/mol. The van der Waals surface area contributed by atoms with Crippen LogP contribution in [0.2, 0.25) is 0 Å². The Morgan fingerprint density at radius 1 is 1.21 bits per heavy atom. The van der Waals surface area contributed by atoms with E-state index >= 15 is 0 Å². The number of rotatable bonds is 1. The normalized spacial score (nSPS) is 11.1. The van der Waals surface area contributed by atoms with Crippen LogP contribution in [0.25, 0.3) is 22.2 Å². The molecule has 2 N–H and O–H groups in total. The van der Waals surface area contributed by atoms with E-state index in [0.29, 0.717) is 5.82 Å². The van der Waals surface area contributed by atoms with Gasteiger partial charge < -0.3 is 10.3 Å². The fourth-order valence-corrected chi connectivity index (χ4v) is 2.94. The van der Waals surface area contributed by atoms with Crippen LogP contribution in [-0.4, -0.2) is 14.5 Å². The lowest BCUT2D eigenvalue weighted by atomic mass is 10.1. The maximum Gasteiger partial charge on any atom is 0.146 e. The number of hydrogen-bond acceptors (Lipinski definition) is 3. The van der Waals surface area contributed by atoms with Crippen molar-refractivity contribution in [3.63, 3.8) is 0 Å². The van der Waals surface area contributed by atoms with Crippen molar-refractivity contribution < 1.29 is 4.39 Å². The smallest absolute Gasteiger partial charge is 0.146 e. The number of fused-ring (bicyclic) bond motifs is 1. The van der Waals surface area contributed by atoms with Crippen LogP contribution in [0.1, 0.15) is 0 Å². The molecule has 0 bridgehead atoms. The maximum absolute atomic E-state index is 13.0. The Morgan fingerprint density at radius 2 is 1.89 bits per heavy atom. The van der Waals surface area contributed by atoms with E-state index in [1.807, 2.05) is 11.6 Å². The minimum Gasteiger partial charge on any atom is -0.383 e. The molecular formula is C13H10FIN4. The predicted molar refractivity (Wildman–Crippen MR) is 81.0 cm³/mol. The first-order chi connectivity index (χ1) is 9.09. The van der Waals surface area contributed by atoms with Gasteiger partial charge >= 0.3 is 0 Å². The van der Waals surface area contributed by atoms with E-state index in [4.69, 9.17) is 5.73 Å². The number of nitrogens with zero attached hydrogens (tertiary/aromatic N) is 3. The molecule has 0 aliphatic rings. The van der Waals surface area contributed by atoms with Gasteiger partial charge in [0, 0.05) is 12.6 Å². The molecule has 0 unspecified atom stereocenters. The molecule has 0 aliphatic carbocycles. The van der Waals surface area contributed by atoms with Gasteiger partial charge in [0.2, 0.25) is 0 Å². The van der Waals surface area contributed by atoms with Crippen molar-refractivity contribution in [2.45, 2.75) is 0 Å². The third kappa shape index (κ3) is 1.86. The fourth-order valence-electron chi connectivity index (χ4n) is 2.13. The highest BCUT2D eigenvalue weighted by molar-refractivity contribution is 14.1. The fraction of sp³-hybridized carbons (Fsp3) is 0.0769. The van der Waals surface area contributed by atoms with Crippen molar-refractivity contribution in [2.75, 3.05) is 5.73 Å². The lowest BCUT2D eigenvalue weighted by molar-refractivity contribution is 0.628. The van der Waals surface area contributed by atoms with Gasteiger partial charge in [-0.3, -0.25) is 0 Å². The van der Waals surface area contributed by atoms with Crippen LogP contribution in [0.15, 0.2) is 30.6 Å². The van der Waals surface area contributed by atoms with Crippen LogP contribution in [0.4, 0.5) is 10.2 Å². The Hall–Kier alpha value is -1.70. The Labute approximate surface area is 122 Å². The number of nitrogens with two attached hydrogens (primary N) is 1. The summed E-state index contributed by atoms with van der Waals surface area (Å²) >= 11 is 2.23. The molecule has 6 heteroatoms. The molecule has 0 saturated heterocycles. The Balaban J connectivity index is 2.40. The van der Waals surface area contributed by atoms with Gasteiger partial charge in [-0.15, -0.1) is 0 Å². The zero-order valence-electron chi connectivity index (χ0n) is 10.1. The molecular weight excluding hydrogens is 358 g/mol. The van der Waals surface area contributed by atoms with Gasteiger partial charge in [-0.25, -0.2) is 14.4 Å². The van der Waals surface area contributed by atoms with Crippen molar-refractivity contribution in [2.24, 2.45) is 7.05 Å². The lowest BCUT2D eigenvalue weighted by Gasteiger charge is -2.02. The van der Waals surface area contributed by atoms with E-state index in [2.05, 4.69) is 32.6 Å². The van der Waals surface area contributed by atoms with Crippen LogP contribution in [0.5, 0.6) is 0 Å². The highest BCUT2D eigenvalue weighted by Crippen LogP contribution is 2.36. The molecule has 0 radical (unpaired) electrons. The quantitative estimate of drug-likeness (QED) is 0.672. The zero-order chi connectivity index (χ0) is 13.6. The summed E-state index contributed by atoms with van der Waals surface area (Å²) in [5, 5.41) is 0.806. The summed E-state index contributed by atoms with van der Waals surface area (Å²) < 4.78 is 16.0. The van der Waals surface area contributed by atoms with Gasteiger partial charge in [0.25, 0.3) is 0 Å². The van der Waals surface area contributed by atoms with Crippen molar-refractivity contribution in [1.82, 2.24) is 14.5 Å². The average Bonchev–Trinajstić information content (AvgIpc) is 2.66. The molecule has 3 rings (SSSR count). The van der Waals surface area contributed by atoms with Gasteiger partial charge in [0.05, 0.1) is 9.09 Å². The molecule has 2 heterocycles. The molecule has 2 aromatic heterocycles. The molecule has 4 nitrogen and oxygen atoms in total. The largest absolute Gasteiger partial charge is 0.383 e. The zero-order valence-corrected chi connectivity index (χ0v) is 12.2. The van der Waals surface area contributed by atoms with E-state index in [0.717, 1.165) is 25.9 Å². The van der Waals surface area contributed by atoms with E-state index in [-0.39, 0.29) is 5.82 Å². The molecule has 0 atom stereocenters. The Bertz CT molecular complexity index is 764. The van der Waals surface area contributed by atoms with Crippen molar-refractivity contribution in [3.05, 3.63) is 40.1 Å². The Morgan fingerprint density at radius 3 is 2.58 bits per heavy atom. The van der Waals surface area contributed by atoms with Crippen LogP contribution in [-0.2, 0) is 7.05 Å². The van der Waals surface area contributed by atoms with Crippen LogP contribution >= 0.6 is 22.6 Å². The maximum atomic E-state index is 13.0. The average molecular weight is 368 g/mol. The summed E-state index contributed by atoms with van der Waals surface area (Å²) in [6.07, 6.45) is 1.45. The first-order valence-corrected chi connectivity index (χ1v) is 6.67. The highest BCUT2D eigenvalue weighted by Gasteiger charge is 2.18. The molecule has 96 valence electrons. The summed E-state index contributed by atoms with van der Waals surface area (Å²) in [5.74, 6) is 0.172. The topological polar surface area (TPSA) is 56.7 Å². The number of aromatic nitrogens is 3. The van der Waals surface area contributed by atoms with E-state index < -0.39 is 0 Å². The van der Waals surface area contributed by atoms with Gasteiger partial charge in [0.15, 0.2) is 0 Å². The van der Waals surface area contributed by atoms with Crippen molar-refractivity contribution >= 4 is 39.4 Å². The van der Waals surface area contributed by atoms with Gasteiger partial charge in [-0.1, -0.05) is 12.1 Å². The van der Waals surface area contributed by atoms with E-state index in [9.17, 15) is 4.39 Å². The number of benzene rings is 1. The lowest BCUT2D eigenvalue weighted by Crippen LogP contribution is -1.95. The third-order valence-corrected chi connectivity index (χ3v) is 4.32. The minimum atomic E-state index is -0.261. The summed E-state index contributed by atoms with van der Waals surface area (Å²) in [6.45, 7) is 0. The highest BCUT2D eigenvalue weighted by atomic mass is 127. The molecule has 19 heavy (non-hydrogen) atoms. The third-order valence-electron chi connectivity index (χ3n) is 3.06. The number of anilines is 1. The second kappa shape index (κ2) is 4.44. The molecule has 0 spiro atoms. The summed E-state index contributed by atoms with van der Waals surface area (Å²) in [6, 6.07) is 6.34. The molecule has 3 aromatic rings. The second-order valence-electron chi connectivity index (χ2n) is 4.19.